The summed E-state index contributed by atoms with van der Waals surface area (Å²) in [5.41, 5.74) is 0.560. The normalized spacial score (nSPS) is 25.3. The number of hydrogen-bond donors (Lipinski definition) is 0. The van der Waals surface area contributed by atoms with Crippen LogP contribution in [0.1, 0.15) is 77.6 Å². The van der Waals surface area contributed by atoms with Crippen LogP contribution in [-0.4, -0.2) is 0 Å². The summed E-state index contributed by atoms with van der Waals surface area (Å²) in [5.74, 6) is 0. The molecule has 0 aromatic carbocycles. The van der Waals surface area contributed by atoms with E-state index < -0.39 is 0 Å². The van der Waals surface area contributed by atoms with Crippen molar-refractivity contribution in [2.24, 2.45) is 5.41 Å². The van der Waals surface area contributed by atoms with Crippen LogP contribution >= 0.6 is 0 Å². The van der Waals surface area contributed by atoms with Gasteiger partial charge in [-0.05, 0) is 24.7 Å². The van der Waals surface area contributed by atoms with E-state index in [1.54, 1.807) is 0 Å². The van der Waals surface area contributed by atoms with Crippen molar-refractivity contribution in [3.63, 3.8) is 0 Å². The summed E-state index contributed by atoms with van der Waals surface area (Å²) in [6.45, 7) is 6.57. The summed E-state index contributed by atoms with van der Waals surface area (Å²) < 4.78 is 0. The fraction of sp³-hybridized carbons (Fsp3) is 0.929. The molecule has 1 rings (SSSR count). The van der Waals surface area contributed by atoms with Gasteiger partial charge in [-0.3, -0.25) is 0 Å². The van der Waals surface area contributed by atoms with Crippen LogP contribution in [0, 0.1) is 12.3 Å². The predicted octanol–water partition coefficient (Wildman–Crippen LogP) is 5.13. The topological polar surface area (TPSA) is 0 Å². The van der Waals surface area contributed by atoms with Crippen molar-refractivity contribution in [2.75, 3.05) is 0 Å². The second kappa shape index (κ2) is 6.48. The van der Waals surface area contributed by atoms with Gasteiger partial charge in [0.25, 0.3) is 0 Å². The molecule has 0 spiro atoms. The molecule has 0 nitrogen and oxygen atoms in total. The molecular formula is C14H27. The van der Waals surface area contributed by atoms with Gasteiger partial charge in [-0.25, -0.2) is 0 Å². The first kappa shape index (κ1) is 12.1. The van der Waals surface area contributed by atoms with Crippen LogP contribution in [0.2, 0.25) is 0 Å². The molecule has 0 aliphatic heterocycles. The molecule has 0 bridgehead atoms. The highest BCUT2D eigenvalue weighted by Gasteiger charge is 2.20. The zero-order valence-electron chi connectivity index (χ0n) is 9.99. The second-order valence-corrected chi connectivity index (χ2v) is 5.39. The van der Waals surface area contributed by atoms with Gasteiger partial charge in [0, 0.05) is 0 Å². The molecule has 14 heavy (non-hydrogen) atoms. The van der Waals surface area contributed by atoms with E-state index in [9.17, 15) is 0 Å². The zero-order valence-corrected chi connectivity index (χ0v) is 9.99. The lowest BCUT2D eigenvalue weighted by atomic mass is 9.78. The monoisotopic (exact) mass is 195 g/mol. The minimum absolute atomic E-state index is 0.560. The fourth-order valence-electron chi connectivity index (χ4n) is 2.54. The highest BCUT2D eigenvalue weighted by atomic mass is 14.3. The van der Waals surface area contributed by atoms with E-state index in [0.29, 0.717) is 5.41 Å². The van der Waals surface area contributed by atoms with Crippen LogP contribution in [0.25, 0.3) is 0 Å². The average molecular weight is 195 g/mol. The van der Waals surface area contributed by atoms with Gasteiger partial charge in [0.2, 0.25) is 0 Å². The van der Waals surface area contributed by atoms with Crippen LogP contribution in [0.4, 0.5) is 0 Å². The Hall–Kier alpha value is 0. The first-order valence-corrected chi connectivity index (χ1v) is 6.56. The molecule has 0 aromatic heterocycles. The molecule has 1 saturated carbocycles. The molecule has 0 amide bonds. The molecule has 0 unspecified atom stereocenters. The number of hydrogen-bond acceptors (Lipinski definition) is 0. The van der Waals surface area contributed by atoms with Gasteiger partial charge in [0.05, 0.1) is 0 Å². The quantitative estimate of drug-likeness (QED) is 0.544. The minimum Gasteiger partial charge on any atom is -0.0596 e. The maximum atomic E-state index is 4.13. The van der Waals surface area contributed by atoms with Crippen molar-refractivity contribution >= 4 is 0 Å². The van der Waals surface area contributed by atoms with Crippen molar-refractivity contribution in [1.29, 1.82) is 0 Å². The highest BCUT2D eigenvalue weighted by Crippen LogP contribution is 2.34. The summed E-state index contributed by atoms with van der Waals surface area (Å²) >= 11 is 0. The summed E-state index contributed by atoms with van der Waals surface area (Å²) in [6, 6.07) is 0. The Morgan fingerprint density at radius 2 is 1.14 bits per heavy atom. The molecule has 1 aliphatic rings. The van der Waals surface area contributed by atoms with Gasteiger partial charge >= 0.3 is 0 Å². The van der Waals surface area contributed by atoms with Gasteiger partial charge in [0.15, 0.2) is 0 Å². The van der Waals surface area contributed by atoms with Gasteiger partial charge in [0.1, 0.15) is 0 Å². The van der Waals surface area contributed by atoms with Gasteiger partial charge in [-0.1, -0.05) is 65.2 Å². The minimum atomic E-state index is 0.560. The van der Waals surface area contributed by atoms with Crippen molar-refractivity contribution in [2.45, 2.75) is 77.6 Å². The van der Waals surface area contributed by atoms with Gasteiger partial charge in [-0.15, -0.1) is 0 Å². The van der Waals surface area contributed by atoms with Crippen molar-refractivity contribution < 1.29 is 0 Å². The van der Waals surface area contributed by atoms with E-state index in [1.165, 1.54) is 64.2 Å². The molecule has 0 aromatic rings. The molecule has 1 radical (unpaired) electrons. The highest BCUT2D eigenvalue weighted by molar-refractivity contribution is 4.75. The maximum Gasteiger partial charge on any atom is -0.0326 e. The third-order valence-corrected chi connectivity index (χ3v) is 3.91. The Kier molecular flexibility index (Phi) is 5.59. The van der Waals surface area contributed by atoms with E-state index in [4.69, 9.17) is 0 Å². The smallest absolute Gasteiger partial charge is 0.0326 e. The Balaban J connectivity index is 2.35. The standard InChI is InChI=1S/C14H27/c1-3-14(2)12-10-8-6-4-5-7-9-11-13-14/h1,3-13H2,2H3. The van der Waals surface area contributed by atoms with E-state index in [-0.39, 0.29) is 0 Å². The third kappa shape index (κ3) is 4.48. The van der Waals surface area contributed by atoms with Gasteiger partial charge in [-0.2, -0.15) is 0 Å². The molecule has 83 valence electrons. The van der Waals surface area contributed by atoms with E-state index in [0.717, 1.165) is 6.42 Å². The maximum absolute atomic E-state index is 4.13. The number of rotatable bonds is 1. The summed E-state index contributed by atoms with van der Waals surface area (Å²) in [6.07, 6.45) is 15.6. The first-order chi connectivity index (χ1) is 6.77. The third-order valence-electron chi connectivity index (χ3n) is 3.91. The van der Waals surface area contributed by atoms with Crippen molar-refractivity contribution in [3.05, 3.63) is 6.92 Å². The average Bonchev–Trinajstić information content (AvgIpc) is 2.24. The van der Waals surface area contributed by atoms with Crippen LogP contribution in [-0.2, 0) is 0 Å². The lowest BCUT2D eigenvalue weighted by Crippen LogP contribution is -2.15. The fourth-order valence-corrected chi connectivity index (χ4v) is 2.54. The van der Waals surface area contributed by atoms with E-state index in [2.05, 4.69) is 13.8 Å². The van der Waals surface area contributed by atoms with Crippen LogP contribution in [0.15, 0.2) is 0 Å². The van der Waals surface area contributed by atoms with Crippen molar-refractivity contribution in [3.8, 4) is 0 Å². The Bertz CT molecular complexity index is 125. The first-order valence-electron chi connectivity index (χ1n) is 6.56. The summed E-state index contributed by atoms with van der Waals surface area (Å²) in [5, 5.41) is 0. The predicted molar refractivity (Wildman–Crippen MR) is 64.3 cm³/mol. The molecule has 0 heteroatoms. The molecule has 1 aliphatic carbocycles. The molecule has 1 fully saturated rings. The van der Waals surface area contributed by atoms with Gasteiger partial charge < -0.3 is 0 Å². The molecule has 0 atom stereocenters. The SMILES string of the molecule is [CH2]CC1(C)CCCCCCCCCC1. The lowest BCUT2D eigenvalue weighted by molar-refractivity contribution is 0.256. The Labute approximate surface area is 90.5 Å². The van der Waals surface area contributed by atoms with E-state index in [1.807, 2.05) is 0 Å². The largest absolute Gasteiger partial charge is 0.0596 e. The summed E-state index contributed by atoms with van der Waals surface area (Å²) in [7, 11) is 0. The van der Waals surface area contributed by atoms with Crippen molar-refractivity contribution in [1.82, 2.24) is 0 Å². The second-order valence-electron chi connectivity index (χ2n) is 5.39. The molecule has 0 heterocycles. The molecular weight excluding hydrogens is 168 g/mol. The van der Waals surface area contributed by atoms with Crippen LogP contribution < -0.4 is 0 Å². The molecule has 0 saturated heterocycles. The van der Waals surface area contributed by atoms with Crippen LogP contribution in [0.3, 0.4) is 0 Å². The lowest BCUT2D eigenvalue weighted by Gasteiger charge is -2.28. The zero-order chi connectivity index (χ0) is 10.3. The summed E-state index contributed by atoms with van der Waals surface area (Å²) in [4.78, 5) is 0. The molecule has 0 N–H and O–H groups in total. The Morgan fingerprint density at radius 1 is 0.786 bits per heavy atom. The van der Waals surface area contributed by atoms with E-state index >= 15 is 0 Å². The Morgan fingerprint density at radius 3 is 1.50 bits per heavy atom. The van der Waals surface area contributed by atoms with Crippen LogP contribution in [0.5, 0.6) is 0 Å².